The summed E-state index contributed by atoms with van der Waals surface area (Å²) in [5, 5.41) is 6.85. The van der Waals surface area contributed by atoms with E-state index in [0.717, 1.165) is 0 Å². The molecule has 0 bridgehead atoms. The number of rotatable bonds is 1. The van der Waals surface area contributed by atoms with Gasteiger partial charge in [0.1, 0.15) is 11.1 Å². The Bertz CT molecular complexity index is 1320. The fourth-order valence-corrected chi connectivity index (χ4v) is 6.27. The Labute approximate surface area is 190 Å². The molecule has 6 rings (SSSR count). The minimum absolute atomic E-state index is 0.00764. The molecule has 3 aliphatic heterocycles. The Hall–Kier alpha value is -3.18. The van der Waals surface area contributed by atoms with E-state index >= 15 is 4.39 Å². The molecule has 2 amide bonds. The minimum atomic E-state index is -1.57. The highest BCUT2D eigenvalue weighted by Gasteiger charge is 2.62. The van der Waals surface area contributed by atoms with E-state index < -0.39 is 47.4 Å². The molecule has 0 saturated carbocycles. The molecule has 5 heterocycles. The van der Waals surface area contributed by atoms with Gasteiger partial charge in [0.05, 0.1) is 46.1 Å². The van der Waals surface area contributed by atoms with Gasteiger partial charge in [-0.2, -0.15) is 0 Å². The zero-order chi connectivity index (χ0) is 23.1. The second-order valence-corrected chi connectivity index (χ2v) is 9.73. The highest BCUT2D eigenvalue weighted by atomic mass is 32.1. The first-order valence-corrected chi connectivity index (χ1v) is 11.5. The second kappa shape index (κ2) is 6.91. The molecule has 4 atom stereocenters. The molecule has 0 radical (unpaired) electrons. The van der Waals surface area contributed by atoms with Crippen molar-refractivity contribution in [3.05, 3.63) is 29.2 Å². The van der Waals surface area contributed by atoms with Gasteiger partial charge in [0.2, 0.25) is 17.4 Å². The predicted octanol–water partition coefficient (Wildman–Crippen LogP) is 2.23. The van der Waals surface area contributed by atoms with E-state index in [0.29, 0.717) is 21.5 Å². The van der Waals surface area contributed by atoms with Gasteiger partial charge in [0.25, 0.3) is 0 Å². The lowest BCUT2D eigenvalue weighted by atomic mass is 9.63. The van der Waals surface area contributed by atoms with Crippen molar-refractivity contribution in [1.82, 2.24) is 15.5 Å². The number of benzene rings is 1. The summed E-state index contributed by atoms with van der Waals surface area (Å²) < 4.78 is 27.4. The number of Topliss-reactive ketones (excluding diaryl/α,β-unsaturated/α-hetero) is 1. The van der Waals surface area contributed by atoms with E-state index in [2.05, 4.69) is 15.5 Å². The molecule has 1 spiro atoms. The van der Waals surface area contributed by atoms with Crippen LogP contribution in [0, 0.1) is 11.2 Å². The molecule has 1 aromatic carbocycles. The lowest BCUT2D eigenvalue weighted by Crippen LogP contribution is -2.72. The van der Waals surface area contributed by atoms with Gasteiger partial charge in [0, 0.05) is 12.7 Å². The number of carbonyl (C=O) groups is 3. The first kappa shape index (κ1) is 20.4. The third kappa shape index (κ3) is 2.69. The van der Waals surface area contributed by atoms with Crippen molar-refractivity contribution < 1.29 is 28.0 Å². The number of fused-ring (bicyclic) bond motifs is 5. The number of amides is 2. The molecule has 11 heteroatoms. The average Bonchev–Trinajstić information content (AvgIpc) is 3.41. The summed E-state index contributed by atoms with van der Waals surface area (Å²) in [6.45, 7) is 3.90. The maximum atomic E-state index is 16.0. The lowest BCUT2D eigenvalue weighted by molar-refractivity contribution is -0.158. The Morgan fingerprint density at radius 1 is 1.30 bits per heavy atom. The summed E-state index contributed by atoms with van der Waals surface area (Å²) >= 11 is 1.34. The van der Waals surface area contributed by atoms with E-state index in [-0.39, 0.29) is 30.3 Å². The minimum Gasteiger partial charge on any atom is -0.372 e. The zero-order valence-electron chi connectivity index (χ0n) is 17.8. The van der Waals surface area contributed by atoms with Crippen LogP contribution >= 0.6 is 11.3 Å². The molecule has 33 heavy (non-hydrogen) atoms. The Morgan fingerprint density at radius 3 is 2.85 bits per heavy atom. The van der Waals surface area contributed by atoms with Crippen molar-refractivity contribution in [3.8, 4) is 10.6 Å². The van der Waals surface area contributed by atoms with E-state index in [4.69, 9.17) is 9.26 Å². The van der Waals surface area contributed by atoms with Gasteiger partial charge in [-0.15, -0.1) is 11.3 Å². The van der Waals surface area contributed by atoms with E-state index in [1.54, 1.807) is 29.6 Å². The number of nitrogens with one attached hydrogen (secondary N) is 1. The van der Waals surface area contributed by atoms with Crippen molar-refractivity contribution >= 4 is 45.6 Å². The molecule has 9 nitrogen and oxygen atoms in total. The second-order valence-electron chi connectivity index (χ2n) is 8.85. The number of morpholine rings is 1. The molecular weight excluding hydrogens is 451 g/mol. The third-order valence-corrected chi connectivity index (χ3v) is 7.62. The number of nitrogens with zero attached hydrogens (tertiary/aromatic N) is 3. The van der Waals surface area contributed by atoms with Gasteiger partial charge in [-0.3, -0.25) is 24.7 Å². The van der Waals surface area contributed by atoms with Crippen molar-refractivity contribution in [2.24, 2.45) is 5.41 Å². The summed E-state index contributed by atoms with van der Waals surface area (Å²) in [6.07, 6.45) is 0.343. The number of carbonyl (C=O) groups excluding carboxylic acids is 3. The van der Waals surface area contributed by atoms with Crippen LogP contribution in [-0.2, 0) is 25.5 Å². The van der Waals surface area contributed by atoms with Crippen LogP contribution in [0.3, 0.4) is 0 Å². The van der Waals surface area contributed by atoms with Crippen molar-refractivity contribution in [1.29, 1.82) is 0 Å². The van der Waals surface area contributed by atoms with Crippen LogP contribution in [0.15, 0.2) is 22.3 Å². The molecule has 1 N–H and O–H groups in total. The van der Waals surface area contributed by atoms with Crippen molar-refractivity contribution in [3.63, 3.8) is 0 Å². The number of ether oxygens (including phenoxy) is 1. The quantitative estimate of drug-likeness (QED) is 0.425. The van der Waals surface area contributed by atoms with Crippen LogP contribution in [-0.4, -0.2) is 52.5 Å². The largest absolute Gasteiger partial charge is 0.372 e. The Balaban J connectivity index is 1.61. The molecule has 2 fully saturated rings. The van der Waals surface area contributed by atoms with Gasteiger partial charge >= 0.3 is 0 Å². The number of imide groups is 1. The van der Waals surface area contributed by atoms with E-state index in [1.165, 1.54) is 11.3 Å². The maximum absolute atomic E-state index is 16.0. The molecule has 2 aromatic heterocycles. The third-order valence-electron chi connectivity index (χ3n) is 6.84. The summed E-state index contributed by atoms with van der Waals surface area (Å²) in [5.41, 5.74) is 1.30. The molecule has 1 unspecified atom stereocenters. The fraction of sp³-hybridized carbons (Fsp3) is 0.409. The summed E-state index contributed by atoms with van der Waals surface area (Å²) in [7, 11) is 0. The SMILES string of the molecule is C[C@@H]1CN2c3c(cc4c(-c5cncs5)noc4c3F)CC3(C(=O)CC(=O)NC3=O)[C@H]2[C@H](C)O1. The number of hydrogen-bond acceptors (Lipinski definition) is 9. The van der Waals surface area contributed by atoms with Crippen LogP contribution in [0.4, 0.5) is 10.1 Å². The van der Waals surface area contributed by atoms with Crippen LogP contribution in [0.5, 0.6) is 0 Å². The average molecular weight is 470 g/mol. The van der Waals surface area contributed by atoms with Gasteiger partial charge in [-0.05, 0) is 31.9 Å². The van der Waals surface area contributed by atoms with Gasteiger partial charge in [-0.1, -0.05) is 5.16 Å². The number of piperidine rings is 1. The van der Waals surface area contributed by atoms with Crippen LogP contribution in [0.1, 0.15) is 25.8 Å². The number of hydrogen-bond donors (Lipinski definition) is 1. The topological polar surface area (TPSA) is 115 Å². The maximum Gasteiger partial charge on any atom is 0.242 e. The lowest BCUT2D eigenvalue weighted by Gasteiger charge is -2.55. The molecule has 2 saturated heterocycles. The monoisotopic (exact) mass is 470 g/mol. The van der Waals surface area contributed by atoms with Gasteiger partial charge in [-0.25, -0.2) is 4.39 Å². The van der Waals surface area contributed by atoms with Crippen molar-refractivity contribution in [2.45, 2.75) is 44.9 Å². The summed E-state index contributed by atoms with van der Waals surface area (Å²) in [5.74, 6) is -2.36. The fourth-order valence-electron chi connectivity index (χ4n) is 5.66. The molecule has 170 valence electrons. The Morgan fingerprint density at radius 2 is 2.12 bits per heavy atom. The number of ketones is 1. The summed E-state index contributed by atoms with van der Waals surface area (Å²) in [6, 6.07) is 0.969. The number of halogens is 1. The zero-order valence-corrected chi connectivity index (χ0v) is 18.6. The van der Waals surface area contributed by atoms with Crippen molar-refractivity contribution in [2.75, 3.05) is 11.4 Å². The van der Waals surface area contributed by atoms with E-state index in [9.17, 15) is 14.4 Å². The first-order valence-electron chi connectivity index (χ1n) is 10.6. The molecule has 0 aliphatic carbocycles. The molecule has 3 aromatic rings. The van der Waals surface area contributed by atoms with Crippen LogP contribution in [0.25, 0.3) is 21.5 Å². The standard InChI is InChI=1S/C22H19FN4O5S/c1-9-7-27-18-11(3-12-17(13-6-24-8-33-13)26-32-19(12)16(18)23)5-22(20(27)10(2)31-9)14(28)4-15(29)25-21(22)30/h3,6,8-10,20H,4-5,7H2,1-2H3,(H,25,29,30)/t9-,10+,20-,22?/m1/s1. The Kier molecular flexibility index (Phi) is 4.28. The predicted molar refractivity (Wildman–Crippen MR) is 115 cm³/mol. The van der Waals surface area contributed by atoms with Gasteiger partial charge < -0.3 is 14.2 Å². The highest BCUT2D eigenvalue weighted by molar-refractivity contribution is 7.13. The van der Waals surface area contributed by atoms with Crippen LogP contribution < -0.4 is 10.2 Å². The first-order chi connectivity index (χ1) is 15.8. The normalized spacial score (nSPS) is 29.4. The number of aromatic nitrogens is 2. The molecule has 3 aliphatic rings. The smallest absolute Gasteiger partial charge is 0.242 e. The van der Waals surface area contributed by atoms with Gasteiger partial charge in [0.15, 0.2) is 11.6 Å². The highest BCUT2D eigenvalue weighted by Crippen LogP contribution is 2.50. The summed E-state index contributed by atoms with van der Waals surface area (Å²) in [4.78, 5) is 45.1. The van der Waals surface area contributed by atoms with Crippen LogP contribution in [0.2, 0.25) is 0 Å². The number of thiazole rings is 1. The van der Waals surface area contributed by atoms with E-state index in [1.807, 2.05) is 6.92 Å². The molecular formula is C22H19FN4O5S. The number of anilines is 1.